The minimum atomic E-state index is -0.877. The molecule has 0 bridgehead atoms. The summed E-state index contributed by atoms with van der Waals surface area (Å²) in [5, 5.41) is 2.30. The van der Waals surface area contributed by atoms with E-state index >= 15 is 0 Å². The molecule has 0 aliphatic heterocycles. The smallest absolute Gasteiger partial charge is 0.339 e. The zero-order chi connectivity index (χ0) is 17.1. The zero-order valence-corrected chi connectivity index (χ0v) is 13.8. The third kappa shape index (κ3) is 3.31. The number of rotatable bonds is 4. The number of ketones is 1. The molecule has 120 valence electrons. The lowest BCUT2D eigenvalue weighted by Gasteiger charge is -2.13. The Labute approximate surface area is 144 Å². The largest absolute Gasteiger partial charge is 0.451 e. The van der Waals surface area contributed by atoms with Crippen LogP contribution in [-0.2, 0) is 4.74 Å². The van der Waals surface area contributed by atoms with Crippen molar-refractivity contribution in [2.45, 2.75) is 13.0 Å². The summed E-state index contributed by atoms with van der Waals surface area (Å²) in [6, 6.07) is 19.5. The van der Waals surface area contributed by atoms with Crippen molar-refractivity contribution in [3.63, 3.8) is 0 Å². The molecule has 0 saturated carbocycles. The highest BCUT2D eigenvalue weighted by atomic mass is 35.5. The Morgan fingerprint density at radius 2 is 1.58 bits per heavy atom. The third-order valence-corrected chi connectivity index (χ3v) is 4.04. The van der Waals surface area contributed by atoms with Gasteiger partial charge in [0.2, 0.25) is 5.78 Å². The van der Waals surface area contributed by atoms with Crippen molar-refractivity contribution in [3.05, 3.63) is 82.9 Å². The summed E-state index contributed by atoms with van der Waals surface area (Å²) in [7, 11) is 0. The molecule has 24 heavy (non-hydrogen) atoms. The molecule has 0 amide bonds. The van der Waals surface area contributed by atoms with Gasteiger partial charge in [-0.15, -0.1) is 0 Å². The lowest BCUT2D eigenvalue weighted by atomic mass is 10.0. The Morgan fingerprint density at radius 1 is 0.917 bits per heavy atom. The molecule has 0 heterocycles. The number of carbonyl (C=O) groups excluding carboxylic acids is 2. The number of fused-ring (bicyclic) bond motifs is 1. The molecule has 0 aliphatic carbocycles. The number of hydrogen-bond donors (Lipinski definition) is 0. The quantitative estimate of drug-likeness (QED) is 0.501. The second kappa shape index (κ2) is 6.85. The van der Waals surface area contributed by atoms with Crippen molar-refractivity contribution in [2.75, 3.05) is 0 Å². The highest BCUT2D eigenvalue weighted by Gasteiger charge is 2.21. The standard InChI is InChI=1S/C20H15ClO3/c1-13(19(22)15-9-11-16(21)12-10-15)24-20(23)18-8-4-6-14-5-2-3-7-17(14)18/h2-13H,1H3/t13-/m1/s1. The van der Waals surface area contributed by atoms with Crippen molar-refractivity contribution >= 4 is 34.1 Å². The van der Waals surface area contributed by atoms with E-state index in [1.165, 1.54) is 0 Å². The summed E-state index contributed by atoms with van der Waals surface area (Å²) >= 11 is 5.82. The third-order valence-electron chi connectivity index (χ3n) is 3.79. The van der Waals surface area contributed by atoms with Gasteiger partial charge in [-0.2, -0.15) is 0 Å². The topological polar surface area (TPSA) is 43.4 Å². The molecule has 0 spiro atoms. The van der Waals surface area contributed by atoms with Gasteiger partial charge in [0.25, 0.3) is 0 Å². The number of ether oxygens (including phenoxy) is 1. The molecule has 1 atom stereocenters. The van der Waals surface area contributed by atoms with Crippen molar-refractivity contribution in [2.24, 2.45) is 0 Å². The maximum atomic E-state index is 12.5. The first kappa shape index (κ1) is 16.2. The summed E-state index contributed by atoms with van der Waals surface area (Å²) < 4.78 is 5.37. The van der Waals surface area contributed by atoms with E-state index in [4.69, 9.17) is 16.3 Å². The second-order valence-corrected chi connectivity index (χ2v) is 5.88. The first-order chi connectivity index (χ1) is 11.6. The molecule has 3 rings (SSSR count). The fraction of sp³-hybridized carbons (Fsp3) is 0.100. The number of hydrogen-bond acceptors (Lipinski definition) is 3. The van der Waals surface area contributed by atoms with Crippen LogP contribution in [0.4, 0.5) is 0 Å². The van der Waals surface area contributed by atoms with Crippen molar-refractivity contribution in [3.8, 4) is 0 Å². The highest BCUT2D eigenvalue weighted by molar-refractivity contribution is 6.30. The SMILES string of the molecule is C[C@@H](OC(=O)c1cccc2ccccc12)C(=O)c1ccc(Cl)cc1. The number of benzene rings is 3. The first-order valence-corrected chi connectivity index (χ1v) is 7.92. The fourth-order valence-electron chi connectivity index (χ4n) is 2.53. The van der Waals surface area contributed by atoms with E-state index in [-0.39, 0.29) is 5.78 Å². The van der Waals surface area contributed by atoms with Crippen LogP contribution in [-0.4, -0.2) is 17.9 Å². The van der Waals surface area contributed by atoms with E-state index in [1.54, 1.807) is 43.3 Å². The van der Waals surface area contributed by atoms with E-state index in [1.807, 2.05) is 30.3 Å². The predicted molar refractivity (Wildman–Crippen MR) is 94.6 cm³/mol. The Morgan fingerprint density at radius 3 is 2.33 bits per heavy atom. The minimum absolute atomic E-state index is 0.264. The van der Waals surface area contributed by atoms with Gasteiger partial charge >= 0.3 is 5.97 Å². The van der Waals surface area contributed by atoms with E-state index in [0.717, 1.165) is 10.8 Å². The number of Topliss-reactive ketones (excluding diaryl/α,β-unsaturated/α-hetero) is 1. The van der Waals surface area contributed by atoms with Crippen LogP contribution in [0.2, 0.25) is 5.02 Å². The minimum Gasteiger partial charge on any atom is -0.451 e. The van der Waals surface area contributed by atoms with E-state index in [2.05, 4.69) is 0 Å². The molecule has 3 aromatic rings. The maximum absolute atomic E-state index is 12.5. The Kier molecular flexibility index (Phi) is 4.63. The molecule has 0 fully saturated rings. The number of esters is 1. The van der Waals surface area contributed by atoms with E-state index < -0.39 is 12.1 Å². The summed E-state index contributed by atoms with van der Waals surface area (Å²) in [6.45, 7) is 1.57. The van der Waals surface area contributed by atoms with Gasteiger partial charge in [-0.05, 0) is 48.0 Å². The molecular formula is C20H15ClO3. The first-order valence-electron chi connectivity index (χ1n) is 7.55. The summed E-state index contributed by atoms with van der Waals surface area (Å²) in [5.41, 5.74) is 0.904. The average Bonchev–Trinajstić information content (AvgIpc) is 2.61. The van der Waals surface area contributed by atoms with Crippen LogP contribution in [0.15, 0.2) is 66.7 Å². The maximum Gasteiger partial charge on any atom is 0.339 e. The van der Waals surface area contributed by atoms with Gasteiger partial charge in [0, 0.05) is 10.6 Å². The van der Waals surface area contributed by atoms with Gasteiger partial charge in [0.1, 0.15) is 0 Å². The Bertz CT molecular complexity index is 895. The van der Waals surface area contributed by atoms with Crippen LogP contribution in [0.1, 0.15) is 27.6 Å². The molecule has 0 N–H and O–H groups in total. The van der Waals surface area contributed by atoms with Gasteiger partial charge in [-0.25, -0.2) is 4.79 Å². The molecular weight excluding hydrogens is 324 g/mol. The van der Waals surface area contributed by atoms with Crippen LogP contribution >= 0.6 is 11.6 Å². The molecule has 0 radical (unpaired) electrons. The highest BCUT2D eigenvalue weighted by Crippen LogP contribution is 2.20. The zero-order valence-electron chi connectivity index (χ0n) is 13.0. The molecule has 3 aromatic carbocycles. The summed E-state index contributed by atoms with van der Waals surface area (Å²) in [6.07, 6.45) is -0.877. The van der Waals surface area contributed by atoms with Gasteiger partial charge in [0.05, 0.1) is 5.56 Å². The van der Waals surface area contributed by atoms with Gasteiger partial charge in [0.15, 0.2) is 6.10 Å². The van der Waals surface area contributed by atoms with Crippen LogP contribution in [0.25, 0.3) is 10.8 Å². The van der Waals surface area contributed by atoms with Crippen LogP contribution in [0.5, 0.6) is 0 Å². The fourth-order valence-corrected chi connectivity index (χ4v) is 2.66. The summed E-state index contributed by atoms with van der Waals surface area (Å²) in [4.78, 5) is 24.8. The Balaban J connectivity index is 1.80. The van der Waals surface area contributed by atoms with Crippen molar-refractivity contribution in [1.82, 2.24) is 0 Å². The van der Waals surface area contributed by atoms with Crippen molar-refractivity contribution < 1.29 is 14.3 Å². The van der Waals surface area contributed by atoms with Crippen molar-refractivity contribution in [1.29, 1.82) is 0 Å². The molecule has 4 heteroatoms. The van der Waals surface area contributed by atoms with Gasteiger partial charge in [-0.1, -0.05) is 48.0 Å². The van der Waals surface area contributed by atoms with Gasteiger partial charge < -0.3 is 4.74 Å². The predicted octanol–water partition coefficient (Wildman–Crippen LogP) is 4.92. The lowest BCUT2D eigenvalue weighted by Crippen LogP contribution is -2.24. The molecule has 0 unspecified atom stereocenters. The molecule has 3 nitrogen and oxygen atoms in total. The number of carbonyl (C=O) groups is 2. The normalized spacial score (nSPS) is 11.9. The second-order valence-electron chi connectivity index (χ2n) is 5.45. The van der Waals surface area contributed by atoms with Gasteiger partial charge in [-0.3, -0.25) is 4.79 Å². The van der Waals surface area contributed by atoms with Crippen LogP contribution in [0, 0.1) is 0 Å². The molecule has 0 saturated heterocycles. The number of halogens is 1. The summed E-state index contributed by atoms with van der Waals surface area (Å²) in [5.74, 6) is -0.776. The lowest BCUT2D eigenvalue weighted by molar-refractivity contribution is 0.0321. The van der Waals surface area contributed by atoms with Crippen LogP contribution in [0.3, 0.4) is 0 Å². The average molecular weight is 339 g/mol. The molecule has 0 aromatic heterocycles. The molecule has 0 aliphatic rings. The van der Waals surface area contributed by atoms with E-state index in [0.29, 0.717) is 16.1 Å². The van der Waals surface area contributed by atoms with E-state index in [9.17, 15) is 9.59 Å². The monoisotopic (exact) mass is 338 g/mol. The van der Waals surface area contributed by atoms with Crippen LogP contribution < -0.4 is 0 Å². The Hall–Kier alpha value is -2.65.